The van der Waals surface area contributed by atoms with Gasteiger partial charge in [-0.2, -0.15) is 26.3 Å². The third-order valence-corrected chi connectivity index (χ3v) is 5.50. The molecular weight excluding hydrogens is 450 g/mol. The van der Waals surface area contributed by atoms with Gasteiger partial charge in [0.25, 0.3) is 0 Å². The van der Waals surface area contributed by atoms with Crippen LogP contribution in [-0.4, -0.2) is 25.6 Å². The maximum atomic E-state index is 14.1. The molecule has 2 rings (SSSR count). The number of alkyl halides is 6. The van der Waals surface area contributed by atoms with Crippen molar-refractivity contribution in [3.05, 3.63) is 71.8 Å². The average Bonchev–Trinajstić information content (AvgIpc) is 2.77. The maximum absolute atomic E-state index is 14.1. The molecule has 0 aromatic heterocycles. The molecule has 4 unspecified atom stereocenters. The van der Waals surface area contributed by atoms with Crippen LogP contribution in [0.15, 0.2) is 60.7 Å². The minimum absolute atomic E-state index is 0.0777. The first kappa shape index (κ1) is 27.1. The van der Waals surface area contributed by atoms with E-state index >= 15 is 0 Å². The first-order chi connectivity index (χ1) is 15.3. The van der Waals surface area contributed by atoms with Gasteiger partial charge in [0.05, 0.1) is 0 Å². The summed E-state index contributed by atoms with van der Waals surface area (Å²) in [5.41, 5.74) is -0.155. The van der Waals surface area contributed by atoms with E-state index in [9.17, 15) is 26.3 Å². The molecule has 0 heterocycles. The Morgan fingerprint density at radius 2 is 0.909 bits per heavy atom. The molecule has 2 aromatic carbocycles. The topological polar surface area (TPSA) is 27.7 Å². The van der Waals surface area contributed by atoms with Crippen molar-refractivity contribution in [2.24, 2.45) is 11.8 Å². The van der Waals surface area contributed by atoms with Crippen LogP contribution < -0.4 is 0 Å². The molecule has 33 heavy (non-hydrogen) atoms. The highest BCUT2D eigenvalue weighted by Crippen LogP contribution is 2.53. The highest BCUT2D eigenvalue weighted by molar-refractivity contribution is 5.26. The van der Waals surface area contributed by atoms with E-state index in [1.165, 1.54) is 62.4 Å². The molecule has 0 fully saturated rings. The predicted molar refractivity (Wildman–Crippen MR) is 111 cm³/mol. The van der Waals surface area contributed by atoms with Gasteiger partial charge in [-0.15, -0.1) is 0 Å². The molecule has 4 atom stereocenters. The zero-order valence-corrected chi connectivity index (χ0v) is 18.8. The minimum atomic E-state index is -4.86. The molecule has 0 aliphatic rings. The first-order valence-corrected chi connectivity index (χ1v) is 10.6. The monoisotopic (exact) mass is 478 g/mol. The Labute approximate surface area is 189 Å². The lowest BCUT2D eigenvalue weighted by molar-refractivity contribution is -0.440. The van der Waals surface area contributed by atoms with E-state index in [4.69, 9.17) is 14.2 Å². The largest absolute Gasteiger partial charge is 0.397 e. The van der Waals surface area contributed by atoms with Gasteiger partial charge in [0, 0.05) is 24.3 Å². The fraction of sp³-hybridized carbons (Fsp3) is 0.500. The Bertz CT molecular complexity index is 784. The fourth-order valence-electron chi connectivity index (χ4n) is 3.70. The van der Waals surface area contributed by atoms with Gasteiger partial charge < -0.3 is 14.2 Å². The van der Waals surface area contributed by atoms with E-state index in [1.54, 1.807) is 12.1 Å². The molecule has 9 heteroatoms. The zero-order chi connectivity index (χ0) is 24.9. The second-order valence-corrected chi connectivity index (χ2v) is 7.56. The van der Waals surface area contributed by atoms with Gasteiger partial charge in [-0.25, -0.2) is 0 Å². The minimum Gasteiger partial charge on any atom is -0.346 e. The number of halogens is 6. The smallest absolute Gasteiger partial charge is 0.346 e. The van der Waals surface area contributed by atoms with E-state index in [0.717, 1.165) is 13.8 Å². The number of hydrogen-bond acceptors (Lipinski definition) is 3. The van der Waals surface area contributed by atoms with Crippen LogP contribution in [0.25, 0.3) is 0 Å². The summed E-state index contributed by atoms with van der Waals surface area (Å²) in [5, 5.41) is 0. The number of hydrogen-bond donors (Lipinski definition) is 0. The summed E-state index contributed by atoms with van der Waals surface area (Å²) in [5.74, 6) is -9.93. The lowest BCUT2D eigenvalue weighted by atomic mass is 9.87. The molecule has 0 saturated heterocycles. The standard InChI is InChI=1S/C24H28F6O3/c1-5-31-21(17(3)23(25,26)27,19-13-9-7-10-14-19)33-22(32-6-2,18(4)24(28,29)30)20-15-11-8-12-16-20/h7-18H,5-6H2,1-4H3. The average molecular weight is 478 g/mol. The van der Waals surface area contributed by atoms with Crippen LogP contribution in [0, 0.1) is 11.8 Å². The van der Waals surface area contributed by atoms with Crippen LogP contribution in [0.5, 0.6) is 0 Å². The molecule has 2 aromatic rings. The predicted octanol–water partition coefficient (Wildman–Crippen LogP) is 7.18. The van der Waals surface area contributed by atoms with Crippen LogP contribution >= 0.6 is 0 Å². The summed E-state index contributed by atoms with van der Waals surface area (Å²) in [6.07, 6.45) is -9.72. The molecule has 0 bridgehead atoms. The summed E-state index contributed by atoms with van der Waals surface area (Å²) in [4.78, 5) is 0. The Hall–Kier alpha value is -2.10. The Balaban J connectivity index is 2.89. The van der Waals surface area contributed by atoms with Crippen LogP contribution in [0.2, 0.25) is 0 Å². The summed E-state index contributed by atoms with van der Waals surface area (Å²) < 4.78 is 102. The molecule has 0 aliphatic heterocycles. The van der Waals surface area contributed by atoms with Crippen LogP contribution in [-0.2, 0) is 25.8 Å². The third-order valence-electron chi connectivity index (χ3n) is 5.50. The molecule has 0 radical (unpaired) electrons. The third kappa shape index (κ3) is 5.70. The van der Waals surface area contributed by atoms with Crippen molar-refractivity contribution in [1.29, 1.82) is 0 Å². The van der Waals surface area contributed by atoms with Gasteiger partial charge in [-0.3, -0.25) is 0 Å². The molecule has 184 valence electrons. The quantitative estimate of drug-likeness (QED) is 0.267. The van der Waals surface area contributed by atoms with E-state index in [-0.39, 0.29) is 24.3 Å². The molecule has 0 N–H and O–H groups in total. The van der Waals surface area contributed by atoms with Gasteiger partial charge in [0.15, 0.2) is 0 Å². The van der Waals surface area contributed by atoms with Gasteiger partial charge in [0.2, 0.25) is 11.6 Å². The van der Waals surface area contributed by atoms with Crippen molar-refractivity contribution in [2.45, 2.75) is 51.6 Å². The second kappa shape index (κ2) is 10.4. The molecule has 0 aliphatic carbocycles. The van der Waals surface area contributed by atoms with Crippen LogP contribution in [0.1, 0.15) is 38.8 Å². The molecular formula is C24H28F6O3. The Morgan fingerprint density at radius 1 is 0.606 bits per heavy atom. The van der Waals surface area contributed by atoms with E-state index in [2.05, 4.69) is 0 Å². The summed E-state index contributed by atoms with van der Waals surface area (Å²) in [6.45, 7) is 4.02. The van der Waals surface area contributed by atoms with Crippen LogP contribution in [0.3, 0.4) is 0 Å². The SMILES string of the molecule is CCOC(OC(OCC)(c1ccccc1)C(C)C(F)(F)F)(c1ccccc1)C(C)C(F)(F)F. The second-order valence-electron chi connectivity index (χ2n) is 7.56. The highest BCUT2D eigenvalue weighted by atomic mass is 19.4. The number of rotatable bonds is 10. The normalized spacial score (nSPS) is 18.2. The fourth-order valence-corrected chi connectivity index (χ4v) is 3.70. The Morgan fingerprint density at radius 3 is 1.15 bits per heavy atom. The highest BCUT2D eigenvalue weighted by Gasteiger charge is 2.62. The van der Waals surface area contributed by atoms with Gasteiger partial charge in [-0.1, -0.05) is 60.7 Å². The van der Waals surface area contributed by atoms with Crippen molar-refractivity contribution >= 4 is 0 Å². The van der Waals surface area contributed by atoms with Gasteiger partial charge in [-0.05, 0) is 27.7 Å². The molecule has 3 nitrogen and oxygen atoms in total. The first-order valence-electron chi connectivity index (χ1n) is 10.6. The lowest BCUT2D eigenvalue weighted by Crippen LogP contribution is -2.56. The molecule has 0 spiro atoms. The summed E-state index contributed by atoms with van der Waals surface area (Å²) >= 11 is 0. The van der Waals surface area contributed by atoms with E-state index in [1.807, 2.05) is 0 Å². The summed E-state index contributed by atoms with van der Waals surface area (Å²) in [7, 11) is 0. The van der Waals surface area contributed by atoms with Gasteiger partial charge in [0.1, 0.15) is 11.8 Å². The number of ether oxygens (including phenoxy) is 3. The number of benzene rings is 2. The van der Waals surface area contributed by atoms with Crippen molar-refractivity contribution in [2.75, 3.05) is 13.2 Å². The van der Waals surface area contributed by atoms with E-state index in [0.29, 0.717) is 0 Å². The van der Waals surface area contributed by atoms with Crippen molar-refractivity contribution in [1.82, 2.24) is 0 Å². The lowest BCUT2D eigenvalue weighted by Gasteiger charge is -2.49. The van der Waals surface area contributed by atoms with Gasteiger partial charge >= 0.3 is 12.4 Å². The van der Waals surface area contributed by atoms with Crippen molar-refractivity contribution in [3.8, 4) is 0 Å². The Kier molecular flexibility index (Phi) is 8.59. The maximum Gasteiger partial charge on any atom is 0.397 e. The molecule has 0 saturated carbocycles. The molecule has 0 amide bonds. The summed E-state index contributed by atoms with van der Waals surface area (Å²) in [6, 6.07) is 14.3. The van der Waals surface area contributed by atoms with E-state index < -0.39 is 35.8 Å². The van der Waals surface area contributed by atoms with Crippen LogP contribution in [0.4, 0.5) is 26.3 Å². The zero-order valence-electron chi connectivity index (χ0n) is 18.8. The van der Waals surface area contributed by atoms with Crippen molar-refractivity contribution < 1.29 is 40.6 Å². The van der Waals surface area contributed by atoms with Crippen molar-refractivity contribution in [3.63, 3.8) is 0 Å².